The molecule has 3 amide bonds. The summed E-state index contributed by atoms with van der Waals surface area (Å²) in [4.78, 5) is 94.2. The number of nitrogens with zero attached hydrogens (tertiary/aromatic N) is 1. The normalized spacial score (nSPS) is 12.1. The fourth-order valence-corrected chi connectivity index (χ4v) is 7.66. The number of carboxylic acids is 1. The number of unbranched alkanes of at least 4 members (excludes halogenated alkanes) is 15. The number of nitrogens with two attached hydrogens (primary N) is 1. The molecule has 0 unspecified atom stereocenters. The Morgan fingerprint density at radius 2 is 1.24 bits per heavy atom. The van der Waals surface area contributed by atoms with E-state index in [1.54, 1.807) is 40.2 Å². The Balaban J connectivity index is 2.11. The number of aromatic nitrogens is 2. The van der Waals surface area contributed by atoms with E-state index in [4.69, 9.17) is 20.3 Å². The molecule has 0 spiro atoms. The smallest absolute Gasteiger partial charge is 0.303 e. The number of aryl methyl sites for hydroxylation is 1. The van der Waals surface area contributed by atoms with Crippen molar-refractivity contribution in [3.8, 4) is 0 Å². The van der Waals surface area contributed by atoms with E-state index in [9.17, 15) is 33.6 Å². The molecule has 390 valence electrons. The number of H-pyrrole nitrogens is 1. The standard InChI is InChI=1S/C51H91N7O10/c1-50(2,36-43(59)27-26-42-37-53-40-57-42)45(61)38-58-51(3,4)44(60)35-41(23-19-20-28-52)49(66)56-31-32-67-33-34-68-39-47(63)55-30-22-21-29-54-46(62)24-17-15-13-11-9-7-5-6-8-10-12-14-16-18-25-48(64)65/h37,40-41,58H,5-36,38-39,52H2,1-4H3,(H,53,57)(H,54,62)(H,55,63)(H,56,66)(H,64,65)/t41-/m1/s1. The Kier molecular flexibility index (Phi) is 35.3. The van der Waals surface area contributed by atoms with Crippen molar-refractivity contribution >= 4 is 41.0 Å². The highest BCUT2D eigenvalue weighted by Crippen LogP contribution is 2.24. The van der Waals surface area contributed by atoms with Crippen LogP contribution >= 0.6 is 0 Å². The summed E-state index contributed by atoms with van der Waals surface area (Å²) in [5, 5.41) is 20.4. The Morgan fingerprint density at radius 3 is 1.81 bits per heavy atom. The van der Waals surface area contributed by atoms with E-state index in [-0.39, 0.29) is 93.9 Å². The predicted octanol–water partition coefficient (Wildman–Crippen LogP) is 6.46. The predicted molar refractivity (Wildman–Crippen MR) is 265 cm³/mol. The topological polar surface area (TPSA) is 261 Å². The largest absolute Gasteiger partial charge is 0.481 e. The second kappa shape index (κ2) is 38.8. The molecule has 1 atom stereocenters. The van der Waals surface area contributed by atoms with Crippen molar-refractivity contribution in [3.63, 3.8) is 0 Å². The van der Waals surface area contributed by atoms with E-state index in [0.717, 1.165) is 63.5 Å². The molecule has 1 aromatic rings. The molecule has 0 saturated carbocycles. The van der Waals surface area contributed by atoms with Crippen molar-refractivity contribution in [1.29, 1.82) is 0 Å². The van der Waals surface area contributed by atoms with Gasteiger partial charge >= 0.3 is 5.97 Å². The lowest BCUT2D eigenvalue weighted by molar-refractivity contribution is -0.137. The van der Waals surface area contributed by atoms with Crippen LogP contribution in [0.25, 0.3) is 0 Å². The van der Waals surface area contributed by atoms with Crippen LogP contribution in [-0.4, -0.2) is 121 Å². The number of nitrogens with one attached hydrogen (secondary N) is 5. The summed E-state index contributed by atoms with van der Waals surface area (Å²) in [6.45, 7) is 9.12. The second-order valence-electron chi connectivity index (χ2n) is 19.4. The third-order valence-electron chi connectivity index (χ3n) is 12.3. The van der Waals surface area contributed by atoms with Gasteiger partial charge in [-0.1, -0.05) is 97.3 Å². The molecule has 8 N–H and O–H groups in total. The lowest BCUT2D eigenvalue weighted by atomic mass is 9.81. The highest BCUT2D eigenvalue weighted by Gasteiger charge is 2.35. The molecule has 0 bridgehead atoms. The first kappa shape index (κ1) is 62.0. The Bertz CT molecular complexity index is 1550. The number of carbonyl (C=O) groups excluding carboxylic acids is 6. The molecule has 0 saturated heterocycles. The number of ether oxygens (including phenoxy) is 2. The Morgan fingerprint density at radius 1 is 0.662 bits per heavy atom. The van der Waals surface area contributed by atoms with Crippen molar-refractivity contribution in [2.24, 2.45) is 17.1 Å². The molecule has 0 aliphatic heterocycles. The summed E-state index contributed by atoms with van der Waals surface area (Å²) < 4.78 is 11.0. The van der Waals surface area contributed by atoms with Gasteiger partial charge in [-0.05, 0) is 65.3 Å². The molecule has 17 nitrogen and oxygen atoms in total. The van der Waals surface area contributed by atoms with Crippen LogP contribution in [-0.2, 0) is 49.5 Å². The van der Waals surface area contributed by atoms with Gasteiger partial charge in [-0.25, -0.2) is 4.98 Å². The average Bonchev–Trinajstić information content (AvgIpc) is 3.82. The minimum atomic E-state index is -1.08. The number of rotatable bonds is 47. The zero-order valence-electron chi connectivity index (χ0n) is 42.4. The maximum absolute atomic E-state index is 13.5. The van der Waals surface area contributed by atoms with Crippen molar-refractivity contribution in [2.45, 2.75) is 194 Å². The Labute approximate surface area is 407 Å². The lowest BCUT2D eigenvalue weighted by Crippen LogP contribution is -2.51. The molecular formula is C51H91N7O10. The van der Waals surface area contributed by atoms with Crippen LogP contribution in [0.2, 0.25) is 0 Å². The van der Waals surface area contributed by atoms with Gasteiger partial charge in [0.1, 0.15) is 12.4 Å². The van der Waals surface area contributed by atoms with E-state index in [1.807, 2.05) is 0 Å². The van der Waals surface area contributed by atoms with Crippen LogP contribution in [0.3, 0.4) is 0 Å². The number of hydrogen-bond donors (Lipinski definition) is 7. The zero-order chi connectivity index (χ0) is 50.3. The number of carbonyl (C=O) groups is 7. The van der Waals surface area contributed by atoms with Gasteiger partial charge in [0.25, 0.3) is 0 Å². The maximum Gasteiger partial charge on any atom is 0.303 e. The molecule has 0 aromatic carbocycles. The first-order valence-electron chi connectivity index (χ1n) is 25.8. The number of Topliss-reactive ketones (excluding diaryl/α,β-unsaturated/α-hetero) is 3. The van der Waals surface area contributed by atoms with E-state index in [1.165, 1.54) is 51.4 Å². The first-order chi connectivity index (χ1) is 32.6. The van der Waals surface area contributed by atoms with Gasteiger partial charge in [-0.15, -0.1) is 0 Å². The molecular weight excluding hydrogens is 871 g/mol. The molecule has 1 rings (SSSR count). The van der Waals surface area contributed by atoms with E-state index in [0.29, 0.717) is 51.7 Å². The van der Waals surface area contributed by atoms with Crippen LogP contribution in [0.5, 0.6) is 0 Å². The monoisotopic (exact) mass is 962 g/mol. The molecule has 1 heterocycles. The van der Waals surface area contributed by atoms with Crippen LogP contribution in [0.15, 0.2) is 12.5 Å². The van der Waals surface area contributed by atoms with Gasteiger partial charge in [0, 0.05) is 75.0 Å². The second-order valence-corrected chi connectivity index (χ2v) is 19.4. The van der Waals surface area contributed by atoms with E-state index < -0.39 is 22.8 Å². The van der Waals surface area contributed by atoms with Crippen LogP contribution in [0.1, 0.15) is 187 Å². The van der Waals surface area contributed by atoms with Gasteiger partial charge in [0.15, 0.2) is 11.6 Å². The summed E-state index contributed by atoms with van der Waals surface area (Å²) in [6.07, 6.45) is 24.5. The average molecular weight is 962 g/mol. The Hall–Kier alpha value is -4.06. The number of aliphatic carboxylic acids is 1. The summed E-state index contributed by atoms with van der Waals surface area (Å²) in [5.41, 5.74) is 4.55. The molecule has 0 radical (unpaired) electrons. The zero-order valence-corrected chi connectivity index (χ0v) is 42.4. The molecule has 0 aliphatic rings. The fraction of sp³-hybridized carbons (Fsp3) is 0.804. The third-order valence-corrected chi connectivity index (χ3v) is 12.3. The number of ketones is 3. The minimum absolute atomic E-state index is 0.0140. The number of aromatic amines is 1. The molecule has 0 fully saturated rings. The molecule has 68 heavy (non-hydrogen) atoms. The van der Waals surface area contributed by atoms with E-state index in [2.05, 4.69) is 31.2 Å². The quantitative estimate of drug-likeness (QED) is 0.0347. The minimum Gasteiger partial charge on any atom is -0.481 e. The van der Waals surface area contributed by atoms with Gasteiger partial charge in [-0.2, -0.15) is 0 Å². The summed E-state index contributed by atoms with van der Waals surface area (Å²) >= 11 is 0. The van der Waals surface area contributed by atoms with Crippen LogP contribution in [0, 0.1) is 11.3 Å². The number of imidazole rings is 1. The molecule has 17 heteroatoms. The summed E-state index contributed by atoms with van der Waals surface area (Å²) in [5.74, 6) is -2.09. The van der Waals surface area contributed by atoms with Crippen molar-refractivity contribution in [1.82, 2.24) is 31.2 Å². The van der Waals surface area contributed by atoms with Gasteiger partial charge < -0.3 is 41.2 Å². The molecule has 1 aromatic heterocycles. The summed E-state index contributed by atoms with van der Waals surface area (Å²) in [7, 11) is 0. The van der Waals surface area contributed by atoms with E-state index >= 15 is 0 Å². The van der Waals surface area contributed by atoms with Gasteiger partial charge in [0.2, 0.25) is 17.7 Å². The van der Waals surface area contributed by atoms with Crippen molar-refractivity contribution in [2.75, 3.05) is 59.2 Å². The summed E-state index contributed by atoms with van der Waals surface area (Å²) in [6, 6.07) is 0. The fourth-order valence-electron chi connectivity index (χ4n) is 7.66. The van der Waals surface area contributed by atoms with Crippen molar-refractivity contribution < 1.29 is 48.1 Å². The highest BCUT2D eigenvalue weighted by molar-refractivity contribution is 5.94. The van der Waals surface area contributed by atoms with Gasteiger partial charge in [0.05, 0.1) is 38.2 Å². The van der Waals surface area contributed by atoms with Crippen LogP contribution in [0.4, 0.5) is 0 Å². The first-order valence-corrected chi connectivity index (χ1v) is 25.8. The highest BCUT2D eigenvalue weighted by atomic mass is 16.5. The van der Waals surface area contributed by atoms with Crippen LogP contribution < -0.4 is 27.0 Å². The molecule has 0 aliphatic carbocycles. The SMILES string of the molecule is CC(C)(CC(=O)CCc1cnc[nH]1)C(=O)CNC(C)(C)C(=O)C[C@@H](CCCCN)C(=O)NCCOCCOCC(=O)NCCCCNC(=O)CCCCCCCCCCCCCCCCC(=O)O. The lowest BCUT2D eigenvalue weighted by Gasteiger charge is -2.29. The van der Waals surface area contributed by atoms with Crippen molar-refractivity contribution in [3.05, 3.63) is 18.2 Å². The number of hydrogen-bond acceptors (Lipinski definition) is 12. The van der Waals surface area contributed by atoms with Gasteiger partial charge in [-0.3, -0.25) is 38.9 Å². The number of carboxylic acid groups (broad SMARTS) is 1. The number of amides is 3. The maximum atomic E-state index is 13.5. The third kappa shape index (κ3) is 33.4.